The van der Waals surface area contributed by atoms with Gasteiger partial charge in [-0.05, 0) is 35.9 Å². The van der Waals surface area contributed by atoms with Crippen LogP contribution in [0.4, 0.5) is 0 Å². The molecule has 1 aromatic carbocycles. The van der Waals surface area contributed by atoms with Gasteiger partial charge >= 0.3 is 0 Å². The van der Waals surface area contributed by atoms with E-state index >= 15 is 0 Å². The fourth-order valence-electron chi connectivity index (χ4n) is 1.57. The molecule has 18 heavy (non-hydrogen) atoms. The molecule has 2 rings (SSSR count). The van der Waals surface area contributed by atoms with Gasteiger partial charge in [-0.3, -0.25) is 9.19 Å². The van der Waals surface area contributed by atoms with E-state index in [-0.39, 0.29) is 0 Å². The Morgan fingerprint density at radius 1 is 1.28 bits per heavy atom. The van der Waals surface area contributed by atoms with E-state index in [2.05, 4.69) is 20.9 Å². The maximum absolute atomic E-state index is 12.2. The molecule has 0 aliphatic rings. The first-order chi connectivity index (χ1) is 8.69. The Bertz CT molecular complexity index is 574. The third-order valence-electron chi connectivity index (χ3n) is 2.45. The number of hydrogen-bond donors (Lipinski definition) is 1. The fraction of sp³-hybridized carbons (Fsp3) is 0.154. The van der Waals surface area contributed by atoms with Gasteiger partial charge in [0, 0.05) is 22.1 Å². The normalized spacial score (nSPS) is 12.3. The molecule has 0 fully saturated rings. The smallest absolute Gasteiger partial charge is 0.0574 e. The van der Waals surface area contributed by atoms with Crippen molar-refractivity contribution in [3.05, 3.63) is 58.3 Å². The van der Waals surface area contributed by atoms with E-state index in [9.17, 15) is 4.21 Å². The topological polar surface area (TPSA) is 56.0 Å². The van der Waals surface area contributed by atoms with Gasteiger partial charge < -0.3 is 5.73 Å². The highest BCUT2D eigenvalue weighted by molar-refractivity contribution is 9.10. The Hall–Kier alpha value is -1.04. The van der Waals surface area contributed by atoms with Gasteiger partial charge in [-0.15, -0.1) is 0 Å². The second-order valence-electron chi connectivity index (χ2n) is 3.81. The number of nitrogens with two attached hydrogens (primary N) is 1. The van der Waals surface area contributed by atoms with Crippen molar-refractivity contribution in [3.8, 4) is 0 Å². The zero-order valence-electron chi connectivity index (χ0n) is 9.67. The highest BCUT2D eigenvalue weighted by Gasteiger charge is 2.06. The average Bonchev–Trinajstić information content (AvgIpc) is 2.39. The Morgan fingerprint density at radius 3 is 2.83 bits per heavy atom. The standard InChI is InChI=1S/C13H13BrN2OS/c14-11-2-1-3-13(7-11)18(17)9-10-4-5-16-12(6-10)8-15/h1-7H,8-9,15H2. The quantitative estimate of drug-likeness (QED) is 0.940. The van der Waals surface area contributed by atoms with Crippen molar-refractivity contribution in [2.75, 3.05) is 0 Å². The van der Waals surface area contributed by atoms with Crippen LogP contribution in [0.25, 0.3) is 0 Å². The lowest BCUT2D eigenvalue weighted by molar-refractivity contribution is 0.682. The molecular weight excluding hydrogens is 312 g/mol. The maximum Gasteiger partial charge on any atom is 0.0574 e. The summed E-state index contributed by atoms with van der Waals surface area (Å²) in [6.07, 6.45) is 1.70. The van der Waals surface area contributed by atoms with Crippen molar-refractivity contribution >= 4 is 26.7 Å². The third kappa shape index (κ3) is 3.48. The van der Waals surface area contributed by atoms with E-state index in [0.29, 0.717) is 12.3 Å². The van der Waals surface area contributed by atoms with Crippen LogP contribution in [0, 0.1) is 0 Å². The monoisotopic (exact) mass is 324 g/mol. The molecule has 0 bridgehead atoms. The molecule has 3 nitrogen and oxygen atoms in total. The van der Waals surface area contributed by atoms with Crippen molar-refractivity contribution < 1.29 is 4.21 Å². The highest BCUT2D eigenvalue weighted by Crippen LogP contribution is 2.17. The Kier molecular flexibility index (Phi) is 4.63. The Labute approximate surface area is 117 Å². The van der Waals surface area contributed by atoms with Crippen molar-refractivity contribution in [1.29, 1.82) is 0 Å². The van der Waals surface area contributed by atoms with E-state index in [1.165, 1.54) is 0 Å². The van der Waals surface area contributed by atoms with Gasteiger partial charge in [-0.2, -0.15) is 0 Å². The maximum atomic E-state index is 12.2. The molecule has 0 radical (unpaired) electrons. The molecular formula is C13H13BrN2OS. The van der Waals surface area contributed by atoms with Crippen molar-refractivity contribution in [1.82, 2.24) is 4.98 Å². The van der Waals surface area contributed by atoms with Crippen LogP contribution < -0.4 is 5.73 Å². The highest BCUT2D eigenvalue weighted by atomic mass is 79.9. The van der Waals surface area contributed by atoms with Crippen LogP contribution in [0.3, 0.4) is 0 Å². The molecule has 2 aromatic rings. The summed E-state index contributed by atoms with van der Waals surface area (Å²) in [5.41, 5.74) is 7.34. The summed E-state index contributed by atoms with van der Waals surface area (Å²) in [5.74, 6) is 0.478. The summed E-state index contributed by atoms with van der Waals surface area (Å²) in [4.78, 5) is 4.94. The van der Waals surface area contributed by atoms with Crippen molar-refractivity contribution in [2.45, 2.75) is 17.2 Å². The predicted octanol–water partition coefficient (Wildman–Crippen LogP) is 2.61. The number of nitrogens with zero attached hydrogens (tertiary/aromatic N) is 1. The molecule has 5 heteroatoms. The molecule has 0 saturated carbocycles. The minimum absolute atomic E-state index is 0.400. The predicted molar refractivity (Wildman–Crippen MR) is 76.4 cm³/mol. The van der Waals surface area contributed by atoms with Gasteiger partial charge in [0.15, 0.2) is 0 Å². The Morgan fingerprint density at radius 2 is 2.11 bits per heavy atom. The summed E-state index contributed by atoms with van der Waals surface area (Å²) in [6.45, 7) is 0.400. The zero-order chi connectivity index (χ0) is 13.0. The lowest BCUT2D eigenvalue weighted by atomic mass is 10.2. The van der Waals surface area contributed by atoms with Crippen LogP contribution in [0.1, 0.15) is 11.3 Å². The molecule has 1 heterocycles. The minimum Gasteiger partial charge on any atom is -0.325 e. The van der Waals surface area contributed by atoms with Gasteiger partial charge in [0.25, 0.3) is 0 Å². The number of aromatic nitrogens is 1. The molecule has 0 amide bonds. The number of hydrogen-bond acceptors (Lipinski definition) is 3. The molecule has 1 unspecified atom stereocenters. The van der Waals surface area contributed by atoms with Gasteiger partial charge in [0.1, 0.15) is 0 Å². The number of rotatable bonds is 4. The second kappa shape index (κ2) is 6.22. The van der Waals surface area contributed by atoms with Crippen LogP contribution in [0.2, 0.25) is 0 Å². The first-order valence-corrected chi connectivity index (χ1v) is 7.58. The van der Waals surface area contributed by atoms with E-state index < -0.39 is 10.8 Å². The first-order valence-electron chi connectivity index (χ1n) is 5.47. The van der Waals surface area contributed by atoms with Crippen molar-refractivity contribution in [3.63, 3.8) is 0 Å². The summed E-state index contributed by atoms with van der Waals surface area (Å²) in [7, 11) is -1.05. The van der Waals surface area contributed by atoms with E-state index in [4.69, 9.17) is 5.73 Å². The number of halogens is 1. The van der Waals surface area contributed by atoms with Crippen LogP contribution in [-0.4, -0.2) is 9.19 Å². The molecule has 94 valence electrons. The molecule has 1 atom stereocenters. The summed E-state index contributed by atoms with van der Waals surface area (Å²) in [6, 6.07) is 11.3. The lowest BCUT2D eigenvalue weighted by Gasteiger charge is -2.04. The van der Waals surface area contributed by atoms with Crippen LogP contribution in [-0.2, 0) is 23.1 Å². The summed E-state index contributed by atoms with van der Waals surface area (Å²) >= 11 is 3.38. The average molecular weight is 325 g/mol. The second-order valence-corrected chi connectivity index (χ2v) is 6.17. The molecule has 0 spiro atoms. The molecule has 0 saturated heterocycles. The fourth-order valence-corrected chi connectivity index (χ4v) is 3.26. The van der Waals surface area contributed by atoms with Gasteiger partial charge in [0.2, 0.25) is 0 Å². The van der Waals surface area contributed by atoms with Crippen LogP contribution in [0.5, 0.6) is 0 Å². The number of pyridine rings is 1. The lowest BCUT2D eigenvalue weighted by Crippen LogP contribution is -2.02. The van der Waals surface area contributed by atoms with Crippen molar-refractivity contribution in [2.24, 2.45) is 5.73 Å². The number of benzene rings is 1. The Balaban J connectivity index is 2.16. The van der Waals surface area contributed by atoms with Crippen LogP contribution >= 0.6 is 15.9 Å². The van der Waals surface area contributed by atoms with E-state index in [0.717, 1.165) is 20.6 Å². The van der Waals surface area contributed by atoms with Gasteiger partial charge in [0.05, 0.1) is 22.2 Å². The van der Waals surface area contributed by atoms with E-state index in [1.54, 1.807) is 6.20 Å². The third-order valence-corrected chi connectivity index (χ3v) is 4.32. The summed E-state index contributed by atoms with van der Waals surface area (Å²) in [5, 5.41) is 0. The van der Waals surface area contributed by atoms with Crippen LogP contribution in [0.15, 0.2) is 52.0 Å². The van der Waals surface area contributed by atoms with E-state index in [1.807, 2.05) is 36.4 Å². The van der Waals surface area contributed by atoms with Gasteiger partial charge in [-0.1, -0.05) is 22.0 Å². The molecule has 2 N–H and O–H groups in total. The molecule has 0 aliphatic heterocycles. The molecule has 0 aliphatic carbocycles. The minimum atomic E-state index is -1.05. The summed E-state index contributed by atoms with van der Waals surface area (Å²) < 4.78 is 13.1. The van der Waals surface area contributed by atoms with Gasteiger partial charge in [-0.25, -0.2) is 0 Å². The SMILES string of the molecule is NCc1cc(CS(=O)c2cccc(Br)c2)ccn1. The zero-order valence-corrected chi connectivity index (χ0v) is 12.1. The largest absolute Gasteiger partial charge is 0.325 e. The first kappa shape index (κ1) is 13.4. The molecule has 1 aromatic heterocycles.